The number of nitrogens with zero attached hydrogens (tertiary/aromatic N) is 2. The van der Waals surface area contributed by atoms with Crippen LogP contribution in [0.15, 0.2) is 41.3 Å². The molecule has 1 N–H and O–H groups in total. The molecule has 3 heterocycles. The van der Waals surface area contributed by atoms with Crippen molar-refractivity contribution in [3.8, 4) is 11.5 Å². The minimum atomic E-state index is -3.68. The molecule has 2 aromatic carbocycles. The number of benzene rings is 2. The van der Waals surface area contributed by atoms with Crippen LogP contribution in [-0.4, -0.2) is 63.7 Å². The lowest BCUT2D eigenvalue weighted by molar-refractivity contribution is -0.125. The highest BCUT2D eigenvalue weighted by Crippen LogP contribution is 2.35. The summed E-state index contributed by atoms with van der Waals surface area (Å²) in [6.07, 6.45) is 0.231. The number of amides is 2. The van der Waals surface area contributed by atoms with Crippen molar-refractivity contribution in [3.05, 3.63) is 47.5 Å². The van der Waals surface area contributed by atoms with E-state index in [0.29, 0.717) is 49.1 Å². The number of anilines is 1. The van der Waals surface area contributed by atoms with Crippen molar-refractivity contribution >= 4 is 27.5 Å². The number of carbonyl (C=O) groups excluding carboxylic acids is 2. The lowest BCUT2D eigenvalue weighted by Gasteiger charge is -2.26. The first kappa shape index (κ1) is 22.6. The first-order valence-corrected chi connectivity index (χ1v) is 12.5. The molecule has 0 spiro atoms. The zero-order chi connectivity index (χ0) is 23.9. The predicted octanol–water partition coefficient (Wildman–Crippen LogP) is 1.03. The van der Waals surface area contributed by atoms with E-state index in [1.165, 1.54) is 22.2 Å². The van der Waals surface area contributed by atoms with Crippen molar-refractivity contribution in [2.45, 2.75) is 30.8 Å². The Balaban J connectivity index is 1.33. The molecule has 1 fully saturated rings. The molecule has 2 amide bonds. The number of hydrogen-bond acceptors (Lipinski definition) is 7. The van der Waals surface area contributed by atoms with Gasteiger partial charge >= 0.3 is 0 Å². The van der Waals surface area contributed by atoms with Gasteiger partial charge in [-0.1, -0.05) is 6.07 Å². The van der Waals surface area contributed by atoms with Crippen LogP contribution in [0.3, 0.4) is 0 Å². The van der Waals surface area contributed by atoms with Crippen molar-refractivity contribution in [2.24, 2.45) is 0 Å². The highest BCUT2D eigenvalue weighted by molar-refractivity contribution is 7.89. The standard InChI is InChI=1S/C23H25N3O7S/c1-15(27)26-19-4-3-18(34(29,30)25-6-8-31-9-7-25)11-17(19)12-20(26)23(28)24-13-16-2-5-21-22(10-16)33-14-32-21/h2-5,10-11,20H,6-9,12-14H2,1H3,(H,24,28). The average molecular weight is 488 g/mol. The number of rotatable bonds is 5. The van der Waals surface area contributed by atoms with E-state index in [0.717, 1.165) is 5.56 Å². The molecule has 3 aliphatic rings. The van der Waals surface area contributed by atoms with Gasteiger partial charge in [0.1, 0.15) is 6.04 Å². The maximum absolute atomic E-state index is 13.1. The number of nitrogens with one attached hydrogen (secondary N) is 1. The molecule has 10 nitrogen and oxygen atoms in total. The summed E-state index contributed by atoms with van der Waals surface area (Å²) < 4.78 is 43.4. The predicted molar refractivity (Wildman–Crippen MR) is 121 cm³/mol. The van der Waals surface area contributed by atoms with E-state index in [1.54, 1.807) is 24.3 Å². The maximum Gasteiger partial charge on any atom is 0.243 e. The third-order valence-corrected chi connectivity index (χ3v) is 8.08. The number of carbonyl (C=O) groups is 2. The first-order valence-electron chi connectivity index (χ1n) is 11.0. The van der Waals surface area contributed by atoms with Gasteiger partial charge in [-0.2, -0.15) is 4.31 Å². The average Bonchev–Trinajstić information content (AvgIpc) is 3.46. The molecular weight excluding hydrogens is 462 g/mol. The molecule has 0 aromatic heterocycles. The van der Waals surface area contributed by atoms with Gasteiger partial charge in [0.15, 0.2) is 11.5 Å². The van der Waals surface area contributed by atoms with E-state index in [4.69, 9.17) is 14.2 Å². The second kappa shape index (κ2) is 8.90. The molecule has 11 heteroatoms. The van der Waals surface area contributed by atoms with Gasteiger partial charge in [0.05, 0.1) is 18.1 Å². The maximum atomic E-state index is 13.1. The summed E-state index contributed by atoms with van der Waals surface area (Å²) >= 11 is 0. The van der Waals surface area contributed by atoms with Gasteiger partial charge in [0.25, 0.3) is 0 Å². The Morgan fingerprint density at radius 3 is 2.59 bits per heavy atom. The Kier molecular flexibility index (Phi) is 5.92. The van der Waals surface area contributed by atoms with E-state index >= 15 is 0 Å². The van der Waals surface area contributed by atoms with Crippen molar-refractivity contribution in [2.75, 3.05) is 38.0 Å². The Morgan fingerprint density at radius 1 is 1.06 bits per heavy atom. The van der Waals surface area contributed by atoms with Crippen molar-refractivity contribution in [1.29, 1.82) is 0 Å². The highest BCUT2D eigenvalue weighted by atomic mass is 32.2. The van der Waals surface area contributed by atoms with Crippen molar-refractivity contribution in [3.63, 3.8) is 0 Å². The molecule has 0 saturated carbocycles. The molecule has 34 heavy (non-hydrogen) atoms. The number of fused-ring (bicyclic) bond motifs is 2. The minimum Gasteiger partial charge on any atom is -0.454 e. The molecule has 0 aliphatic carbocycles. The van der Waals surface area contributed by atoms with Crippen LogP contribution in [0, 0.1) is 0 Å². The SMILES string of the molecule is CC(=O)N1c2ccc(S(=O)(=O)N3CCOCC3)cc2CC1C(=O)NCc1ccc2c(c1)OCO2. The van der Waals surface area contributed by atoms with Crippen LogP contribution in [0.5, 0.6) is 11.5 Å². The van der Waals surface area contributed by atoms with Crippen LogP contribution < -0.4 is 19.7 Å². The normalized spacial score (nSPS) is 19.7. The lowest BCUT2D eigenvalue weighted by atomic mass is 10.1. The van der Waals surface area contributed by atoms with Crippen molar-refractivity contribution in [1.82, 2.24) is 9.62 Å². The largest absolute Gasteiger partial charge is 0.454 e. The second-order valence-electron chi connectivity index (χ2n) is 8.32. The third-order valence-electron chi connectivity index (χ3n) is 6.19. The van der Waals surface area contributed by atoms with Crippen LogP contribution in [0.4, 0.5) is 5.69 Å². The molecule has 3 aliphatic heterocycles. The first-order chi connectivity index (χ1) is 16.3. The summed E-state index contributed by atoms with van der Waals surface area (Å²) in [6.45, 7) is 3.12. The van der Waals surface area contributed by atoms with Gasteiger partial charge in [-0.05, 0) is 41.5 Å². The van der Waals surface area contributed by atoms with Crippen LogP contribution in [-0.2, 0) is 37.3 Å². The third kappa shape index (κ3) is 4.10. The second-order valence-corrected chi connectivity index (χ2v) is 10.3. The van der Waals surface area contributed by atoms with Crippen LogP contribution in [0.1, 0.15) is 18.1 Å². The quantitative estimate of drug-likeness (QED) is 0.670. The van der Waals surface area contributed by atoms with Gasteiger partial charge in [0, 0.05) is 38.7 Å². The molecule has 1 saturated heterocycles. The van der Waals surface area contributed by atoms with Gasteiger partial charge in [-0.25, -0.2) is 8.42 Å². The monoisotopic (exact) mass is 487 g/mol. The van der Waals surface area contributed by atoms with E-state index in [1.807, 2.05) is 6.07 Å². The molecule has 0 bridgehead atoms. The number of morpholine rings is 1. The summed E-state index contributed by atoms with van der Waals surface area (Å²) in [5, 5.41) is 2.88. The van der Waals surface area contributed by atoms with Crippen LogP contribution >= 0.6 is 0 Å². The van der Waals surface area contributed by atoms with Crippen LogP contribution in [0.25, 0.3) is 0 Å². The van der Waals surface area contributed by atoms with Gasteiger partial charge in [-0.3, -0.25) is 14.5 Å². The molecule has 1 unspecified atom stereocenters. The topological polar surface area (TPSA) is 114 Å². The summed E-state index contributed by atoms with van der Waals surface area (Å²) in [5.74, 6) is 0.679. The fourth-order valence-electron chi connectivity index (χ4n) is 4.48. The van der Waals surface area contributed by atoms with E-state index < -0.39 is 16.1 Å². The Hall–Kier alpha value is -3.15. The fourth-order valence-corrected chi connectivity index (χ4v) is 5.94. The number of ether oxygens (including phenoxy) is 3. The molecule has 5 rings (SSSR count). The van der Waals surface area contributed by atoms with Gasteiger partial charge in [0.2, 0.25) is 28.6 Å². The lowest BCUT2D eigenvalue weighted by Crippen LogP contribution is -2.47. The summed E-state index contributed by atoms with van der Waals surface area (Å²) in [5.41, 5.74) is 2.03. The zero-order valence-corrected chi connectivity index (χ0v) is 19.5. The summed E-state index contributed by atoms with van der Waals surface area (Å²) in [6, 6.07) is 9.33. The minimum absolute atomic E-state index is 0.151. The Labute approximate surface area is 197 Å². The summed E-state index contributed by atoms with van der Waals surface area (Å²) in [7, 11) is -3.68. The molecular formula is C23H25N3O7S. The Bertz CT molecular complexity index is 1240. The summed E-state index contributed by atoms with van der Waals surface area (Å²) in [4.78, 5) is 27.1. The molecule has 180 valence electrons. The van der Waals surface area contributed by atoms with E-state index in [2.05, 4.69) is 5.32 Å². The smallest absolute Gasteiger partial charge is 0.243 e. The molecule has 0 radical (unpaired) electrons. The van der Waals surface area contributed by atoms with Crippen molar-refractivity contribution < 1.29 is 32.2 Å². The van der Waals surface area contributed by atoms with E-state index in [9.17, 15) is 18.0 Å². The number of hydrogen-bond donors (Lipinski definition) is 1. The van der Waals surface area contributed by atoms with Crippen LogP contribution in [0.2, 0.25) is 0 Å². The highest BCUT2D eigenvalue weighted by Gasteiger charge is 2.38. The zero-order valence-electron chi connectivity index (χ0n) is 18.7. The van der Waals surface area contributed by atoms with E-state index in [-0.39, 0.29) is 36.5 Å². The molecule has 1 atom stereocenters. The van der Waals surface area contributed by atoms with Gasteiger partial charge < -0.3 is 19.5 Å². The number of sulfonamides is 1. The Morgan fingerprint density at radius 2 is 1.82 bits per heavy atom. The fraction of sp³-hybridized carbons (Fsp3) is 0.391. The van der Waals surface area contributed by atoms with Gasteiger partial charge in [-0.15, -0.1) is 0 Å². The molecule has 2 aromatic rings.